The second-order valence-corrected chi connectivity index (χ2v) is 6.02. The molecule has 2 aromatic carbocycles. The van der Waals surface area contributed by atoms with Gasteiger partial charge in [0.2, 0.25) is 0 Å². The van der Waals surface area contributed by atoms with Gasteiger partial charge in [0.15, 0.2) is 0 Å². The first-order valence-corrected chi connectivity index (χ1v) is 7.92. The van der Waals surface area contributed by atoms with Crippen molar-refractivity contribution < 1.29 is 4.74 Å². The van der Waals surface area contributed by atoms with Crippen LogP contribution in [0.15, 0.2) is 48.5 Å². The van der Waals surface area contributed by atoms with Gasteiger partial charge < -0.3 is 10.1 Å². The van der Waals surface area contributed by atoms with Gasteiger partial charge in [-0.1, -0.05) is 35.9 Å². The molecule has 0 aliphatic carbocycles. The number of rotatable bonds is 4. The average Bonchev–Trinajstić information content (AvgIpc) is 2.54. The third kappa shape index (κ3) is 3.25. The molecule has 4 heteroatoms. The van der Waals surface area contributed by atoms with Crippen molar-refractivity contribution in [1.82, 2.24) is 4.98 Å². The highest BCUT2D eigenvalue weighted by atomic mass is 35.5. The number of hydrogen-bond donors (Lipinski definition) is 1. The van der Waals surface area contributed by atoms with Crippen LogP contribution in [0.2, 0.25) is 5.02 Å². The standard InChI is InChI=1S/C19H19ClN2O/c1-12-11-17(16-5-4-6-18(23-3)19(16)21-12)22-13(2)14-7-9-15(20)10-8-14/h4-11,13H,1-3H3,(H,21,22)/t13-/m0/s1. The normalized spacial score (nSPS) is 12.2. The summed E-state index contributed by atoms with van der Waals surface area (Å²) in [4.78, 5) is 4.62. The molecule has 0 bridgehead atoms. The number of nitrogens with one attached hydrogen (secondary N) is 1. The summed E-state index contributed by atoms with van der Waals surface area (Å²) in [5.41, 5.74) is 4.06. The number of halogens is 1. The van der Waals surface area contributed by atoms with Crippen LogP contribution in [0.5, 0.6) is 5.75 Å². The minimum absolute atomic E-state index is 0.156. The van der Waals surface area contributed by atoms with Crippen molar-refractivity contribution >= 4 is 28.2 Å². The SMILES string of the molecule is COc1cccc2c(N[C@@H](C)c3ccc(Cl)cc3)cc(C)nc12. The van der Waals surface area contributed by atoms with E-state index in [0.29, 0.717) is 0 Å². The van der Waals surface area contributed by atoms with Gasteiger partial charge in [-0.3, -0.25) is 0 Å². The van der Waals surface area contributed by atoms with Crippen LogP contribution in [0, 0.1) is 6.92 Å². The number of ether oxygens (including phenoxy) is 1. The number of nitrogens with zero attached hydrogens (tertiary/aromatic N) is 1. The Hall–Kier alpha value is -2.26. The first-order valence-electron chi connectivity index (χ1n) is 7.55. The highest BCUT2D eigenvalue weighted by Crippen LogP contribution is 2.32. The number of benzene rings is 2. The minimum atomic E-state index is 0.156. The van der Waals surface area contributed by atoms with E-state index in [2.05, 4.69) is 29.4 Å². The third-order valence-electron chi connectivity index (χ3n) is 3.89. The van der Waals surface area contributed by atoms with Gasteiger partial charge in [0.25, 0.3) is 0 Å². The van der Waals surface area contributed by atoms with E-state index in [9.17, 15) is 0 Å². The Labute approximate surface area is 141 Å². The van der Waals surface area contributed by atoms with E-state index in [1.807, 2.05) is 43.3 Å². The zero-order valence-corrected chi connectivity index (χ0v) is 14.2. The molecule has 0 saturated carbocycles. The van der Waals surface area contributed by atoms with Crippen LogP contribution in [-0.2, 0) is 0 Å². The van der Waals surface area contributed by atoms with Crippen LogP contribution in [-0.4, -0.2) is 12.1 Å². The Morgan fingerprint density at radius 2 is 1.87 bits per heavy atom. The molecule has 1 N–H and O–H groups in total. The van der Waals surface area contributed by atoms with Crippen LogP contribution in [0.25, 0.3) is 10.9 Å². The number of fused-ring (bicyclic) bond motifs is 1. The molecule has 3 rings (SSSR count). The van der Waals surface area contributed by atoms with E-state index >= 15 is 0 Å². The number of anilines is 1. The predicted molar refractivity (Wildman–Crippen MR) is 96.5 cm³/mol. The highest BCUT2D eigenvalue weighted by molar-refractivity contribution is 6.30. The van der Waals surface area contributed by atoms with Crippen LogP contribution in [0.3, 0.4) is 0 Å². The summed E-state index contributed by atoms with van der Waals surface area (Å²) in [5, 5.41) is 5.37. The summed E-state index contributed by atoms with van der Waals surface area (Å²) in [5.74, 6) is 0.786. The molecular weight excluding hydrogens is 308 g/mol. The number of aromatic nitrogens is 1. The van der Waals surface area contributed by atoms with Crippen molar-refractivity contribution in [1.29, 1.82) is 0 Å². The first kappa shape index (κ1) is 15.6. The molecule has 0 spiro atoms. The largest absolute Gasteiger partial charge is 0.494 e. The lowest BCUT2D eigenvalue weighted by molar-refractivity contribution is 0.419. The summed E-state index contributed by atoms with van der Waals surface area (Å²) in [6, 6.07) is 16.1. The van der Waals surface area contributed by atoms with Crippen LogP contribution >= 0.6 is 11.6 Å². The Morgan fingerprint density at radius 3 is 2.57 bits per heavy atom. The molecule has 0 fully saturated rings. The molecule has 3 nitrogen and oxygen atoms in total. The van der Waals surface area contributed by atoms with Crippen molar-refractivity contribution in [2.45, 2.75) is 19.9 Å². The summed E-state index contributed by atoms with van der Waals surface area (Å²) in [6.07, 6.45) is 0. The quantitative estimate of drug-likeness (QED) is 0.699. The summed E-state index contributed by atoms with van der Waals surface area (Å²) < 4.78 is 5.44. The van der Waals surface area contributed by atoms with E-state index in [1.54, 1.807) is 7.11 Å². The molecule has 3 aromatic rings. The van der Waals surface area contributed by atoms with Gasteiger partial charge in [0.05, 0.1) is 7.11 Å². The molecular formula is C19H19ClN2O. The number of methoxy groups -OCH3 is 1. The summed E-state index contributed by atoms with van der Waals surface area (Å²) >= 11 is 5.97. The van der Waals surface area contributed by atoms with E-state index in [1.165, 1.54) is 5.56 Å². The molecule has 118 valence electrons. The number of aryl methyl sites for hydroxylation is 1. The number of pyridine rings is 1. The van der Waals surface area contributed by atoms with Crippen molar-refractivity contribution in [3.05, 3.63) is 64.8 Å². The lowest BCUT2D eigenvalue weighted by atomic mass is 10.1. The van der Waals surface area contributed by atoms with E-state index in [0.717, 1.165) is 33.1 Å². The van der Waals surface area contributed by atoms with Gasteiger partial charge in [-0.25, -0.2) is 4.98 Å². The smallest absolute Gasteiger partial charge is 0.145 e. The highest BCUT2D eigenvalue weighted by Gasteiger charge is 2.11. The number of hydrogen-bond acceptors (Lipinski definition) is 3. The van der Waals surface area contributed by atoms with Gasteiger partial charge in [-0.05, 0) is 43.7 Å². The average molecular weight is 327 g/mol. The lowest BCUT2D eigenvalue weighted by Crippen LogP contribution is -2.07. The fraction of sp³-hybridized carbons (Fsp3) is 0.211. The van der Waals surface area contributed by atoms with Crippen molar-refractivity contribution in [3.63, 3.8) is 0 Å². The Kier molecular flexibility index (Phi) is 4.39. The monoisotopic (exact) mass is 326 g/mol. The molecule has 0 saturated heterocycles. The first-order chi connectivity index (χ1) is 11.1. The molecule has 1 heterocycles. The maximum atomic E-state index is 5.97. The molecule has 1 aromatic heterocycles. The van der Waals surface area contributed by atoms with Crippen LogP contribution in [0.1, 0.15) is 24.2 Å². The van der Waals surface area contributed by atoms with Crippen molar-refractivity contribution in [3.8, 4) is 5.75 Å². The Bertz CT molecular complexity index is 831. The summed E-state index contributed by atoms with van der Waals surface area (Å²) in [7, 11) is 1.67. The van der Waals surface area contributed by atoms with Gasteiger partial charge in [0.1, 0.15) is 11.3 Å². The van der Waals surface area contributed by atoms with E-state index in [4.69, 9.17) is 16.3 Å². The fourth-order valence-electron chi connectivity index (χ4n) is 2.70. The second kappa shape index (κ2) is 6.47. The second-order valence-electron chi connectivity index (χ2n) is 5.59. The van der Waals surface area contributed by atoms with Crippen LogP contribution in [0.4, 0.5) is 5.69 Å². The van der Waals surface area contributed by atoms with Gasteiger partial charge in [-0.15, -0.1) is 0 Å². The molecule has 0 aliphatic heterocycles. The molecule has 23 heavy (non-hydrogen) atoms. The lowest BCUT2D eigenvalue weighted by Gasteiger charge is -2.18. The Morgan fingerprint density at radius 1 is 1.13 bits per heavy atom. The van der Waals surface area contributed by atoms with Gasteiger partial charge in [0, 0.05) is 27.8 Å². The minimum Gasteiger partial charge on any atom is -0.494 e. The third-order valence-corrected chi connectivity index (χ3v) is 4.14. The fourth-order valence-corrected chi connectivity index (χ4v) is 2.83. The molecule has 0 radical (unpaired) electrons. The zero-order chi connectivity index (χ0) is 16.4. The van der Waals surface area contributed by atoms with Gasteiger partial charge >= 0.3 is 0 Å². The predicted octanol–water partition coefficient (Wildman–Crippen LogP) is 5.38. The van der Waals surface area contributed by atoms with E-state index < -0.39 is 0 Å². The van der Waals surface area contributed by atoms with E-state index in [-0.39, 0.29) is 6.04 Å². The molecule has 0 unspecified atom stereocenters. The zero-order valence-electron chi connectivity index (χ0n) is 13.4. The maximum absolute atomic E-state index is 5.97. The Balaban J connectivity index is 2.01. The maximum Gasteiger partial charge on any atom is 0.145 e. The number of para-hydroxylation sites is 1. The van der Waals surface area contributed by atoms with Crippen LogP contribution < -0.4 is 10.1 Å². The van der Waals surface area contributed by atoms with Gasteiger partial charge in [-0.2, -0.15) is 0 Å². The van der Waals surface area contributed by atoms with Crippen molar-refractivity contribution in [2.75, 3.05) is 12.4 Å². The molecule has 0 amide bonds. The topological polar surface area (TPSA) is 34.1 Å². The molecule has 1 atom stereocenters. The summed E-state index contributed by atoms with van der Waals surface area (Å²) in [6.45, 7) is 4.12. The van der Waals surface area contributed by atoms with Crippen molar-refractivity contribution in [2.24, 2.45) is 0 Å². The molecule has 0 aliphatic rings.